The number of carbonyl (C=O) groups is 2. The monoisotopic (exact) mass is 467 g/mol. The van der Waals surface area contributed by atoms with Gasteiger partial charge in [0.15, 0.2) is 0 Å². The maximum Gasteiger partial charge on any atom is 0.295 e. The third-order valence-electron chi connectivity index (χ3n) is 6.34. The van der Waals surface area contributed by atoms with Crippen LogP contribution >= 0.6 is 0 Å². The first-order valence-corrected chi connectivity index (χ1v) is 12.5. The van der Waals surface area contributed by atoms with Crippen LogP contribution in [-0.4, -0.2) is 52.2 Å². The predicted molar refractivity (Wildman–Crippen MR) is 140 cm³/mol. The largest absolute Gasteiger partial charge is 0.367 e. The number of aryl methyl sites for hydroxylation is 4. The van der Waals surface area contributed by atoms with Gasteiger partial charge in [-0.15, -0.1) is 0 Å². The van der Waals surface area contributed by atoms with E-state index in [1.165, 1.54) is 10.5 Å². The van der Waals surface area contributed by atoms with Gasteiger partial charge in [0.05, 0.1) is 11.3 Å². The maximum absolute atomic E-state index is 13.3. The molecule has 1 heterocycles. The fourth-order valence-corrected chi connectivity index (χ4v) is 4.50. The Morgan fingerprint density at radius 3 is 1.91 bits per heavy atom. The van der Waals surface area contributed by atoms with E-state index >= 15 is 0 Å². The first-order valence-electron chi connectivity index (χ1n) is 12.5. The molecule has 0 saturated heterocycles. The smallest absolute Gasteiger partial charge is 0.295 e. The van der Waals surface area contributed by atoms with Crippen molar-refractivity contribution in [3.05, 3.63) is 40.1 Å². The minimum absolute atomic E-state index is 0.134. The topological polar surface area (TPSA) is 78.4 Å². The lowest BCUT2D eigenvalue weighted by Gasteiger charge is -2.27. The lowest BCUT2D eigenvalue weighted by atomic mass is 10.0. The average Bonchev–Trinajstić information content (AvgIpc) is 2.79. The summed E-state index contributed by atoms with van der Waals surface area (Å²) in [5.41, 5.74) is 5.34. The van der Waals surface area contributed by atoms with E-state index in [1.807, 2.05) is 13.8 Å². The lowest BCUT2D eigenvalue weighted by molar-refractivity contribution is -0.126. The van der Waals surface area contributed by atoms with Crippen molar-refractivity contribution >= 4 is 29.1 Å². The molecule has 34 heavy (non-hydrogen) atoms. The van der Waals surface area contributed by atoms with Gasteiger partial charge in [0.2, 0.25) is 5.95 Å². The molecule has 1 aromatic heterocycles. The van der Waals surface area contributed by atoms with Gasteiger partial charge in [-0.1, -0.05) is 31.5 Å². The van der Waals surface area contributed by atoms with E-state index in [9.17, 15) is 9.59 Å². The van der Waals surface area contributed by atoms with Crippen LogP contribution in [-0.2, 0) is 4.79 Å². The summed E-state index contributed by atoms with van der Waals surface area (Å²) < 4.78 is 0. The summed E-state index contributed by atoms with van der Waals surface area (Å²) in [6, 6.07) is 4.44. The highest BCUT2D eigenvalue weighted by atomic mass is 16.2. The number of hydrogen-bond acceptors (Lipinski definition) is 6. The standard InChI is InChI=1S/C27H41N5O2/c1-10-21(11-2)29-25-22(24(33)26(34)31(12-3)13-4)20(9)28-27(30-25)32(14-5)23-18(7)15-17(6)16-19(23)8/h15-16,21H,10-14H2,1-9H3,(H,28,29,30). The van der Waals surface area contributed by atoms with Crippen molar-refractivity contribution < 1.29 is 9.59 Å². The van der Waals surface area contributed by atoms with Crippen LogP contribution in [0, 0.1) is 27.7 Å². The molecular formula is C27H41N5O2. The van der Waals surface area contributed by atoms with Gasteiger partial charge >= 0.3 is 0 Å². The van der Waals surface area contributed by atoms with Gasteiger partial charge in [-0.2, -0.15) is 4.98 Å². The number of aromatic nitrogens is 2. The number of ketones is 1. The van der Waals surface area contributed by atoms with Gasteiger partial charge in [-0.3, -0.25) is 9.59 Å². The first kappa shape index (κ1) is 27.3. The van der Waals surface area contributed by atoms with Crippen molar-refractivity contribution in [2.24, 2.45) is 0 Å². The second kappa shape index (κ2) is 12.0. The second-order valence-corrected chi connectivity index (χ2v) is 8.79. The number of Topliss-reactive ketones (excluding diaryl/α,β-unsaturated/α-hetero) is 1. The molecule has 0 aliphatic heterocycles. The SMILES string of the molecule is CCC(CC)Nc1nc(N(CC)c2c(C)cc(C)cc2C)nc(C)c1C(=O)C(=O)N(CC)CC. The zero-order valence-electron chi connectivity index (χ0n) is 22.4. The van der Waals surface area contributed by atoms with Crippen molar-refractivity contribution in [1.29, 1.82) is 0 Å². The Balaban J connectivity index is 2.70. The van der Waals surface area contributed by atoms with Crippen LogP contribution < -0.4 is 10.2 Å². The maximum atomic E-state index is 13.3. The average molecular weight is 468 g/mol. The van der Waals surface area contributed by atoms with Crippen molar-refractivity contribution in [1.82, 2.24) is 14.9 Å². The number of nitrogens with one attached hydrogen (secondary N) is 1. The zero-order valence-corrected chi connectivity index (χ0v) is 22.4. The summed E-state index contributed by atoms with van der Waals surface area (Å²) >= 11 is 0. The molecule has 1 amide bonds. The fourth-order valence-electron chi connectivity index (χ4n) is 4.50. The third kappa shape index (κ3) is 5.75. The highest BCUT2D eigenvalue weighted by Crippen LogP contribution is 2.32. The minimum Gasteiger partial charge on any atom is -0.367 e. The number of carbonyl (C=O) groups excluding carboxylic acids is 2. The number of nitrogens with zero attached hydrogens (tertiary/aromatic N) is 4. The molecule has 2 rings (SSSR count). The Hall–Kier alpha value is -2.96. The number of likely N-dealkylation sites (N-methyl/N-ethyl adjacent to an activating group) is 1. The Bertz CT molecular complexity index is 1000. The highest BCUT2D eigenvalue weighted by molar-refractivity contribution is 6.44. The number of rotatable bonds is 11. The normalized spacial score (nSPS) is 11.0. The van der Waals surface area contributed by atoms with E-state index in [1.54, 1.807) is 6.92 Å². The highest BCUT2D eigenvalue weighted by Gasteiger charge is 2.29. The van der Waals surface area contributed by atoms with Crippen LogP contribution in [0.1, 0.15) is 80.2 Å². The second-order valence-electron chi connectivity index (χ2n) is 8.79. The molecule has 1 N–H and O–H groups in total. The number of amides is 1. The Morgan fingerprint density at radius 1 is 0.882 bits per heavy atom. The van der Waals surface area contributed by atoms with Crippen molar-refractivity contribution in [2.75, 3.05) is 29.9 Å². The summed E-state index contributed by atoms with van der Waals surface area (Å²) in [6.07, 6.45) is 1.75. The van der Waals surface area contributed by atoms with Crippen LogP contribution in [0.15, 0.2) is 12.1 Å². The molecule has 0 aliphatic carbocycles. The van der Waals surface area contributed by atoms with Crippen LogP contribution in [0.4, 0.5) is 17.5 Å². The van der Waals surface area contributed by atoms with Gasteiger partial charge < -0.3 is 15.1 Å². The third-order valence-corrected chi connectivity index (χ3v) is 6.34. The quantitative estimate of drug-likeness (QED) is 0.346. The molecule has 0 aliphatic rings. The first-order chi connectivity index (χ1) is 16.1. The van der Waals surface area contributed by atoms with Crippen LogP contribution in [0.25, 0.3) is 0 Å². The van der Waals surface area contributed by atoms with Crippen molar-refractivity contribution in [2.45, 2.75) is 81.2 Å². The van der Waals surface area contributed by atoms with Crippen molar-refractivity contribution in [3.8, 4) is 0 Å². The van der Waals surface area contributed by atoms with E-state index < -0.39 is 11.7 Å². The van der Waals surface area contributed by atoms with Gasteiger partial charge in [-0.05, 0) is 72.4 Å². The van der Waals surface area contributed by atoms with E-state index in [0.717, 1.165) is 29.7 Å². The Morgan fingerprint density at radius 2 is 1.44 bits per heavy atom. The van der Waals surface area contributed by atoms with E-state index in [4.69, 9.17) is 9.97 Å². The Kier molecular flexibility index (Phi) is 9.59. The molecule has 0 unspecified atom stereocenters. The number of hydrogen-bond donors (Lipinski definition) is 1. The fraction of sp³-hybridized carbons (Fsp3) is 0.556. The van der Waals surface area contributed by atoms with Crippen LogP contribution in [0.3, 0.4) is 0 Å². The summed E-state index contributed by atoms with van der Waals surface area (Å²) in [5.74, 6) is -0.125. The van der Waals surface area contributed by atoms with E-state index in [2.05, 4.69) is 63.9 Å². The van der Waals surface area contributed by atoms with Crippen LogP contribution in [0.5, 0.6) is 0 Å². The number of benzene rings is 1. The molecule has 0 radical (unpaired) electrons. The molecule has 7 nitrogen and oxygen atoms in total. The molecule has 0 spiro atoms. The van der Waals surface area contributed by atoms with Gasteiger partial charge in [0.25, 0.3) is 11.7 Å². The van der Waals surface area contributed by atoms with Gasteiger partial charge in [0.1, 0.15) is 5.82 Å². The molecule has 7 heteroatoms. The Labute approximate surface area is 205 Å². The minimum atomic E-state index is -0.563. The molecule has 0 fully saturated rings. The molecule has 0 atom stereocenters. The van der Waals surface area contributed by atoms with Crippen LogP contribution in [0.2, 0.25) is 0 Å². The van der Waals surface area contributed by atoms with Gasteiger partial charge in [0, 0.05) is 31.4 Å². The molecule has 1 aromatic carbocycles. The molecular weight excluding hydrogens is 426 g/mol. The zero-order chi connectivity index (χ0) is 25.6. The molecule has 0 saturated carbocycles. The predicted octanol–water partition coefficient (Wildman–Crippen LogP) is 5.52. The lowest BCUT2D eigenvalue weighted by Crippen LogP contribution is -2.37. The summed E-state index contributed by atoms with van der Waals surface area (Å²) in [7, 11) is 0. The van der Waals surface area contributed by atoms with Crippen molar-refractivity contribution in [3.63, 3.8) is 0 Å². The molecule has 2 aromatic rings. The summed E-state index contributed by atoms with van der Waals surface area (Å²) in [6.45, 7) is 19.7. The summed E-state index contributed by atoms with van der Waals surface area (Å²) in [4.78, 5) is 39.5. The van der Waals surface area contributed by atoms with E-state index in [-0.39, 0.29) is 11.6 Å². The van der Waals surface area contributed by atoms with E-state index in [0.29, 0.717) is 37.1 Å². The molecule has 0 bridgehead atoms. The number of anilines is 3. The summed E-state index contributed by atoms with van der Waals surface area (Å²) in [5, 5.41) is 3.44. The van der Waals surface area contributed by atoms with Gasteiger partial charge in [-0.25, -0.2) is 4.98 Å². The molecule has 186 valence electrons.